The summed E-state index contributed by atoms with van der Waals surface area (Å²) in [5, 5.41) is 0. The van der Waals surface area contributed by atoms with Gasteiger partial charge in [-0.25, -0.2) is 4.98 Å². The highest BCUT2D eigenvalue weighted by atomic mass is 79.9. The van der Waals surface area contributed by atoms with Crippen LogP contribution in [0.15, 0.2) is 22.9 Å². The lowest BCUT2D eigenvalue weighted by molar-refractivity contribution is 0.324. The van der Waals surface area contributed by atoms with Crippen molar-refractivity contribution in [1.82, 2.24) is 4.98 Å². The molecule has 3 nitrogen and oxygen atoms in total. The molecule has 0 aliphatic rings. The molecule has 1 aromatic rings. The summed E-state index contributed by atoms with van der Waals surface area (Å²) in [6.45, 7) is 1.03. The molecule has 60 valence electrons. The van der Waals surface area contributed by atoms with E-state index in [4.69, 9.17) is 10.5 Å². The number of halogens is 1. The van der Waals surface area contributed by atoms with Crippen molar-refractivity contribution in [1.29, 1.82) is 0 Å². The first-order valence-electron chi connectivity index (χ1n) is 3.28. The Hall–Kier alpha value is -0.610. The van der Waals surface area contributed by atoms with Crippen LogP contribution < -0.4 is 10.5 Å². The number of nitrogens with two attached hydrogens (primary N) is 1. The molecule has 0 aromatic carbocycles. The minimum Gasteiger partial charge on any atom is -0.489 e. The largest absolute Gasteiger partial charge is 0.489 e. The average molecular weight is 217 g/mol. The van der Waals surface area contributed by atoms with Gasteiger partial charge in [0, 0.05) is 12.7 Å². The lowest BCUT2D eigenvalue weighted by Crippen LogP contribution is -2.10. The lowest BCUT2D eigenvalue weighted by Gasteiger charge is -2.04. The van der Waals surface area contributed by atoms with Gasteiger partial charge in [0.15, 0.2) is 5.75 Å². The molecule has 1 aromatic heterocycles. The minimum atomic E-state index is 0.515. The second-order valence-electron chi connectivity index (χ2n) is 1.93. The molecular weight excluding hydrogens is 208 g/mol. The van der Waals surface area contributed by atoms with E-state index in [-0.39, 0.29) is 0 Å². The summed E-state index contributed by atoms with van der Waals surface area (Å²) >= 11 is 3.25. The fourth-order valence-electron chi connectivity index (χ4n) is 0.648. The van der Waals surface area contributed by atoms with Crippen LogP contribution in [-0.4, -0.2) is 18.1 Å². The Balaban J connectivity index is 2.62. The van der Waals surface area contributed by atoms with Gasteiger partial charge >= 0.3 is 0 Å². The van der Waals surface area contributed by atoms with Crippen LogP contribution in [0.4, 0.5) is 0 Å². The van der Waals surface area contributed by atoms with Gasteiger partial charge in [-0.3, -0.25) is 0 Å². The van der Waals surface area contributed by atoms with E-state index >= 15 is 0 Å². The van der Waals surface area contributed by atoms with Crippen molar-refractivity contribution in [2.24, 2.45) is 5.73 Å². The molecular formula is C7H9BrN2O. The zero-order valence-electron chi connectivity index (χ0n) is 5.96. The fraction of sp³-hybridized carbons (Fsp3) is 0.286. The highest BCUT2D eigenvalue weighted by Crippen LogP contribution is 2.20. The van der Waals surface area contributed by atoms with E-state index < -0.39 is 0 Å². The van der Waals surface area contributed by atoms with E-state index in [1.807, 2.05) is 12.1 Å². The van der Waals surface area contributed by atoms with Crippen molar-refractivity contribution in [3.05, 3.63) is 22.9 Å². The van der Waals surface area contributed by atoms with Crippen molar-refractivity contribution in [3.8, 4) is 5.75 Å². The lowest BCUT2D eigenvalue weighted by atomic mass is 10.5. The Labute approximate surface area is 73.7 Å². The minimum absolute atomic E-state index is 0.515. The summed E-state index contributed by atoms with van der Waals surface area (Å²) in [4.78, 5) is 3.98. The summed E-state index contributed by atoms with van der Waals surface area (Å²) in [5.74, 6) is 0.734. The summed E-state index contributed by atoms with van der Waals surface area (Å²) in [5.41, 5.74) is 5.27. The number of nitrogens with zero attached hydrogens (tertiary/aromatic N) is 1. The fourth-order valence-corrected chi connectivity index (χ4v) is 1.01. The zero-order valence-corrected chi connectivity index (χ0v) is 7.54. The molecule has 0 saturated heterocycles. The molecule has 0 aliphatic carbocycles. The molecule has 0 atom stereocenters. The first-order valence-corrected chi connectivity index (χ1v) is 4.07. The van der Waals surface area contributed by atoms with Crippen molar-refractivity contribution in [2.45, 2.75) is 0 Å². The molecule has 0 bridgehead atoms. The van der Waals surface area contributed by atoms with Crippen molar-refractivity contribution in [2.75, 3.05) is 13.2 Å². The summed E-state index contributed by atoms with van der Waals surface area (Å²) in [6.07, 6.45) is 1.69. The van der Waals surface area contributed by atoms with E-state index in [9.17, 15) is 0 Å². The highest BCUT2D eigenvalue weighted by Gasteiger charge is 1.97. The van der Waals surface area contributed by atoms with E-state index in [1.165, 1.54) is 0 Å². The molecule has 0 amide bonds. The van der Waals surface area contributed by atoms with Crippen molar-refractivity contribution in [3.63, 3.8) is 0 Å². The molecule has 0 fully saturated rings. The SMILES string of the molecule is NCCOc1cccnc1Br. The van der Waals surface area contributed by atoms with Crippen LogP contribution in [0.2, 0.25) is 0 Å². The molecule has 0 saturated carbocycles. The second kappa shape index (κ2) is 4.31. The number of rotatable bonds is 3. The molecule has 1 heterocycles. The predicted octanol–water partition coefficient (Wildman–Crippen LogP) is 1.18. The van der Waals surface area contributed by atoms with Crippen LogP contribution in [0, 0.1) is 0 Å². The molecule has 0 spiro atoms. The van der Waals surface area contributed by atoms with E-state index in [0.717, 1.165) is 5.75 Å². The topological polar surface area (TPSA) is 48.1 Å². The molecule has 1 rings (SSSR count). The molecule has 11 heavy (non-hydrogen) atoms. The number of hydrogen-bond donors (Lipinski definition) is 1. The molecule has 2 N–H and O–H groups in total. The van der Waals surface area contributed by atoms with Gasteiger partial charge in [0.25, 0.3) is 0 Å². The molecule has 0 unspecified atom stereocenters. The van der Waals surface area contributed by atoms with Crippen molar-refractivity contribution >= 4 is 15.9 Å². The standard InChI is InChI=1S/C7H9BrN2O/c8-7-6(11-5-3-9)2-1-4-10-7/h1-2,4H,3,5,9H2. The Bertz CT molecular complexity index is 229. The first-order chi connectivity index (χ1) is 5.34. The normalized spacial score (nSPS) is 9.64. The monoisotopic (exact) mass is 216 g/mol. The van der Waals surface area contributed by atoms with Gasteiger partial charge in [0.1, 0.15) is 11.2 Å². The molecule has 4 heteroatoms. The van der Waals surface area contributed by atoms with Gasteiger partial charge in [0.05, 0.1) is 0 Å². The van der Waals surface area contributed by atoms with Gasteiger partial charge in [-0.2, -0.15) is 0 Å². The smallest absolute Gasteiger partial charge is 0.152 e. The van der Waals surface area contributed by atoms with E-state index in [0.29, 0.717) is 17.8 Å². The Morgan fingerprint density at radius 2 is 2.45 bits per heavy atom. The van der Waals surface area contributed by atoms with E-state index in [1.54, 1.807) is 6.20 Å². The maximum atomic E-state index is 5.27. The maximum Gasteiger partial charge on any atom is 0.152 e. The number of hydrogen-bond acceptors (Lipinski definition) is 3. The van der Waals surface area contributed by atoms with Gasteiger partial charge in [-0.05, 0) is 28.1 Å². The van der Waals surface area contributed by atoms with Crippen LogP contribution in [-0.2, 0) is 0 Å². The second-order valence-corrected chi connectivity index (χ2v) is 2.68. The highest BCUT2D eigenvalue weighted by molar-refractivity contribution is 9.10. The average Bonchev–Trinajstić information content (AvgIpc) is 2.03. The molecule has 0 radical (unpaired) electrons. The number of pyridine rings is 1. The van der Waals surface area contributed by atoms with Crippen molar-refractivity contribution < 1.29 is 4.74 Å². The third-order valence-corrected chi connectivity index (χ3v) is 1.70. The maximum absolute atomic E-state index is 5.27. The van der Waals surface area contributed by atoms with Crippen LogP contribution in [0.5, 0.6) is 5.75 Å². The third kappa shape index (κ3) is 2.48. The summed E-state index contributed by atoms with van der Waals surface area (Å²) in [6, 6.07) is 3.66. The van der Waals surface area contributed by atoms with Crippen LogP contribution in [0.3, 0.4) is 0 Å². The third-order valence-electron chi connectivity index (χ3n) is 1.10. The van der Waals surface area contributed by atoms with Crippen LogP contribution in [0.1, 0.15) is 0 Å². The van der Waals surface area contributed by atoms with E-state index in [2.05, 4.69) is 20.9 Å². The molecule has 0 aliphatic heterocycles. The summed E-state index contributed by atoms with van der Waals surface area (Å²) in [7, 11) is 0. The zero-order chi connectivity index (χ0) is 8.10. The number of ether oxygens (including phenoxy) is 1. The quantitative estimate of drug-likeness (QED) is 0.773. The first kappa shape index (κ1) is 8.49. The van der Waals surface area contributed by atoms with Gasteiger partial charge in [-0.1, -0.05) is 0 Å². The Morgan fingerprint density at radius 1 is 1.64 bits per heavy atom. The van der Waals surface area contributed by atoms with Crippen LogP contribution >= 0.6 is 15.9 Å². The van der Waals surface area contributed by atoms with Gasteiger partial charge < -0.3 is 10.5 Å². The summed E-state index contributed by atoms with van der Waals surface area (Å²) < 4.78 is 5.97. The number of aromatic nitrogens is 1. The Morgan fingerprint density at radius 3 is 3.09 bits per heavy atom. The van der Waals surface area contributed by atoms with Gasteiger partial charge in [-0.15, -0.1) is 0 Å². The Kier molecular flexibility index (Phi) is 3.32. The van der Waals surface area contributed by atoms with Gasteiger partial charge in [0.2, 0.25) is 0 Å². The van der Waals surface area contributed by atoms with Crippen LogP contribution in [0.25, 0.3) is 0 Å². The predicted molar refractivity (Wildman–Crippen MR) is 46.5 cm³/mol.